The third-order valence-corrected chi connectivity index (χ3v) is 2.78. The van der Waals surface area contributed by atoms with Crippen molar-refractivity contribution >= 4 is 5.69 Å². The number of rotatable bonds is 8. The Kier molecular flexibility index (Phi) is 5.96. The van der Waals surface area contributed by atoms with Crippen molar-refractivity contribution < 1.29 is 18.8 Å². The van der Waals surface area contributed by atoms with Crippen LogP contribution in [0.3, 0.4) is 0 Å². The zero-order valence-electron chi connectivity index (χ0n) is 11.3. The zero-order chi connectivity index (χ0) is 15.3. The van der Waals surface area contributed by atoms with E-state index in [9.17, 15) is 24.0 Å². The predicted molar refractivity (Wildman–Crippen MR) is 67.6 cm³/mol. The van der Waals surface area contributed by atoms with E-state index in [1.165, 1.54) is 15.8 Å². The Bertz CT molecular complexity index is 439. The molecule has 0 aliphatic heterocycles. The summed E-state index contributed by atoms with van der Waals surface area (Å²) in [6.07, 6.45) is -1.15. The van der Waals surface area contributed by atoms with Crippen LogP contribution in [0.2, 0.25) is 0 Å². The molecule has 1 aromatic rings. The Morgan fingerprint density at radius 3 is 2.60 bits per heavy atom. The van der Waals surface area contributed by atoms with Gasteiger partial charge in [-0.1, -0.05) is 0 Å². The molecule has 20 heavy (non-hydrogen) atoms. The van der Waals surface area contributed by atoms with Crippen LogP contribution in [0.5, 0.6) is 0 Å². The van der Waals surface area contributed by atoms with Crippen LogP contribution >= 0.6 is 0 Å². The average molecular weight is 292 g/mol. The Morgan fingerprint density at radius 2 is 2.15 bits per heavy atom. The maximum atomic E-state index is 12.4. The fourth-order valence-corrected chi connectivity index (χ4v) is 1.76. The van der Waals surface area contributed by atoms with Gasteiger partial charge in [0.15, 0.2) is 0 Å². The van der Waals surface area contributed by atoms with Gasteiger partial charge in [0, 0.05) is 12.6 Å². The van der Waals surface area contributed by atoms with Gasteiger partial charge in [-0.2, -0.15) is 5.10 Å². The molecular weight excluding hydrogens is 274 g/mol. The van der Waals surface area contributed by atoms with E-state index in [-0.39, 0.29) is 24.8 Å². The Hall–Kier alpha value is -1.61. The monoisotopic (exact) mass is 292 g/mol. The molecule has 0 spiro atoms. The molecule has 1 unspecified atom stereocenters. The minimum Gasteiger partial charge on any atom is -0.390 e. The summed E-state index contributed by atoms with van der Waals surface area (Å²) in [5, 5.41) is 24.1. The van der Waals surface area contributed by atoms with Gasteiger partial charge >= 0.3 is 5.69 Å². The van der Waals surface area contributed by atoms with Gasteiger partial charge in [-0.05, 0) is 13.8 Å². The summed E-state index contributed by atoms with van der Waals surface area (Å²) in [4.78, 5) is 11.3. The Balaban J connectivity index is 2.55. The largest absolute Gasteiger partial charge is 0.390 e. The summed E-state index contributed by atoms with van der Waals surface area (Å²) in [5.74, 6) is 0. The first-order valence-electron chi connectivity index (χ1n) is 6.16. The number of hydrogen-bond donors (Lipinski definition) is 1. The summed E-state index contributed by atoms with van der Waals surface area (Å²) in [7, 11) is 0. The molecule has 114 valence electrons. The molecular formula is C11H18F2N4O3. The van der Waals surface area contributed by atoms with E-state index >= 15 is 0 Å². The van der Waals surface area contributed by atoms with Crippen molar-refractivity contribution in [1.29, 1.82) is 0 Å². The molecule has 0 saturated heterocycles. The summed E-state index contributed by atoms with van der Waals surface area (Å²) in [6.45, 7) is 3.16. The van der Waals surface area contributed by atoms with Gasteiger partial charge < -0.3 is 5.11 Å². The normalized spacial score (nSPS) is 13.4. The topological polar surface area (TPSA) is 84.4 Å². The number of alkyl halides is 2. The van der Waals surface area contributed by atoms with Gasteiger partial charge in [0.05, 0.1) is 24.1 Å². The van der Waals surface area contributed by atoms with Crippen LogP contribution in [-0.2, 0) is 6.54 Å². The fourth-order valence-electron chi connectivity index (χ4n) is 1.76. The molecule has 1 N–H and O–H groups in total. The first-order valence-corrected chi connectivity index (χ1v) is 6.16. The van der Waals surface area contributed by atoms with E-state index in [4.69, 9.17) is 0 Å². The molecule has 0 amide bonds. The minimum atomic E-state index is -2.48. The van der Waals surface area contributed by atoms with E-state index in [0.29, 0.717) is 0 Å². The molecule has 1 aromatic heterocycles. The van der Waals surface area contributed by atoms with Crippen LogP contribution in [0, 0.1) is 10.1 Å². The molecule has 0 aromatic carbocycles. The van der Waals surface area contributed by atoms with Crippen molar-refractivity contribution in [3.8, 4) is 0 Å². The molecule has 0 aliphatic rings. The molecule has 0 radical (unpaired) electrons. The third-order valence-electron chi connectivity index (χ3n) is 2.78. The second-order valence-electron chi connectivity index (χ2n) is 4.77. The first-order chi connectivity index (χ1) is 9.29. The van der Waals surface area contributed by atoms with E-state index < -0.39 is 24.0 Å². The second-order valence-corrected chi connectivity index (χ2v) is 4.77. The molecule has 1 atom stereocenters. The number of nitro groups is 1. The number of halogens is 2. The van der Waals surface area contributed by atoms with Crippen molar-refractivity contribution in [3.05, 3.63) is 22.5 Å². The van der Waals surface area contributed by atoms with Crippen molar-refractivity contribution in [2.45, 2.75) is 39.0 Å². The minimum absolute atomic E-state index is 0.0142. The van der Waals surface area contributed by atoms with Crippen LogP contribution in [0.4, 0.5) is 14.5 Å². The maximum absolute atomic E-state index is 12.4. The van der Waals surface area contributed by atoms with Crippen LogP contribution in [0.1, 0.15) is 13.8 Å². The quantitative estimate of drug-likeness (QED) is 0.573. The van der Waals surface area contributed by atoms with E-state index in [0.717, 1.165) is 6.20 Å². The molecule has 1 heterocycles. The lowest BCUT2D eigenvalue weighted by molar-refractivity contribution is -0.385. The van der Waals surface area contributed by atoms with Gasteiger partial charge in [0.1, 0.15) is 12.4 Å². The van der Waals surface area contributed by atoms with E-state index in [1.807, 2.05) is 0 Å². The average Bonchev–Trinajstić information content (AvgIpc) is 2.75. The van der Waals surface area contributed by atoms with Crippen LogP contribution in [0.25, 0.3) is 0 Å². The van der Waals surface area contributed by atoms with Crippen LogP contribution in [0.15, 0.2) is 12.4 Å². The summed E-state index contributed by atoms with van der Waals surface area (Å²) in [5.41, 5.74) is -0.175. The molecule has 0 bridgehead atoms. The summed E-state index contributed by atoms with van der Waals surface area (Å²) >= 11 is 0. The number of aromatic nitrogens is 2. The molecule has 0 saturated carbocycles. The standard InChI is InChI=1S/C11H18F2N4O3/c1-8(2)15(7-11(12)13)5-10(18)6-16-4-9(3-14-16)17(19)20/h3-4,8,10-11,18H,5-7H2,1-2H3. The lowest BCUT2D eigenvalue weighted by Crippen LogP contribution is -2.41. The SMILES string of the molecule is CC(C)N(CC(F)F)CC(O)Cn1cc([N+](=O)[O-])cn1. The Labute approximate surface area is 114 Å². The number of hydrogen-bond acceptors (Lipinski definition) is 5. The predicted octanol–water partition coefficient (Wildman–Crippen LogP) is 1.13. The third kappa shape index (κ3) is 5.17. The van der Waals surface area contributed by atoms with Crippen molar-refractivity contribution in [2.24, 2.45) is 0 Å². The highest BCUT2D eigenvalue weighted by atomic mass is 19.3. The van der Waals surface area contributed by atoms with Gasteiger partial charge in [0.2, 0.25) is 0 Å². The number of aliphatic hydroxyl groups is 1. The molecule has 1 rings (SSSR count). The van der Waals surface area contributed by atoms with Crippen LogP contribution < -0.4 is 0 Å². The highest BCUT2D eigenvalue weighted by Crippen LogP contribution is 2.10. The van der Waals surface area contributed by atoms with Crippen LogP contribution in [-0.4, -0.2) is 56.4 Å². The number of nitrogens with zero attached hydrogens (tertiary/aromatic N) is 4. The van der Waals surface area contributed by atoms with E-state index in [2.05, 4.69) is 5.10 Å². The van der Waals surface area contributed by atoms with Crippen molar-refractivity contribution in [3.63, 3.8) is 0 Å². The highest BCUT2D eigenvalue weighted by Gasteiger charge is 2.19. The Morgan fingerprint density at radius 1 is 1.50 bits per heavy atom. The smallest absolute Gasteiger partial charge is 0.306 e. The molecule has 7 nitrogen and oxygen atoms in total. The van der Waals surface area contributed by atoms with Gasteiger partial charge in [-0.15, -0.1) is 0 Å². The first kappa shape index (κ1) is 16.4. The summed E-state index contributed by atoms with van der Waals surface area (Å²) in [6, 6.07) is -0.134. The van der Waals surface area contributed by atoms with Gasteiger partial charge in [-0.3, -0.25) is 19.7 Å². The fraction of sp³-hybridized carbons (Fsp3) is 0.727. The number of aliphatic hydroxyl groups excluding tert-OH is 1. The van der Waals surface area contributed by atoms with Crippen molar-refractivity contribution in [1.82, 2.24) is 14.7 Å². The molecule has 0 aliphatic carbocycles. The highest BCUT2D eigenvalue weighted by molar-refractivity contribution is 5.20. The van der Waals surface area contributed by atoms with Gasteiger partial charge in [-0.25, -0.2) is 8.78 Å². The van der Waals surface area contributed by atoms with E-state index in [1.54, 1.807) is 13.8 Å². The zero-order valence-corrected chi connectivity index (χ0v) is 11.3. The van der Waals surface area contributed by atoms with Gasteiger partial charge in [0.25, 0.3) is 6.43 Å². The second kappa shape index (κ2) is 7.25. The lowest BCUT2D eigenvalue weighted by Gasteiger charge is -2.28. The lowest BCUT2D eigenvalue weighted by atomic mass is 10.2. The maximum Gasteiger partial charge on any atom is 0.306 e. The van der Waals surface area contributed by atoms with Crippen molar-refractivity contribution in [2.75, 3.05) is 13.1 Å². The molecule has 0 fully saturated rings. The molecule has 9 heteroatoms. The summed E-state index contributed by atoms with van der Waals surface area (Å²) < 4.78 is 26.0.